The first-order valence-corrected chi connectivity index (χ1v) is 7.36. The SMILES string of the molecule is NC(=O)[C@H]1CCCCN1CC(=O)Nc1ccc2c(c1)OCO2. The number of carbonyl (C=O) groups excluding carboxylic acids is 2. The molecule has 0 bridgehead atoms. The largest absolute Gasteiger partial charge is 0.454 e. The highest BCUT2D eigenvalue weighted by molar-refractivity contribution is 5.93. The molecule has 0 radical (unpaired) electrons. The summed E-state index contributed by atoms with van der Waals surface area (Å²) in [6, 6.07) is 4.89. The third-order valence-electron chi connectivity index (χ3n) is 3.95. The highest BCUT2D eigenvalue weighted by Gasteiger charge is 2.28. The Bertz CT molecular complexity index is 590. The van der Waals surface area contributed by atoms with Crippen LogP contribution < -0.4 is 20.5 Å². The fraction of sp³-hybridized carbons (Fsp3) is 0.467. The summed E-state index contributed by atoms with van der Waals surface area (Å²) in [4.78, 5) is 25.5. The number of fused-ring (bicyclic) bond motifs is 1. The molecule has 0 spiro atoms. The number of amides is 2. The van der Waals surface area contributed by atoms with E-state index in [9.17, 15) is 9.59 Å². The molecule has 3 rings (SSSR count). The Kier molecular flexibility index (Phi) is 4.15. The number of rotatable bonds is 4. The van der Waals surface area contributed by atoms with Crippen LogP contribution in [-0.4, -0.2) is 42.6 Å². The zero-order valence-corrected chi connectivity index (χ0v) is 12.2. The van der Waals surface area contributed by atoms with Gasteiger partial charge in [-0.05, 0) is 31.5 Å². The zero-order valence-electron chi connectivity index (χ0n) is 12.2. The summed E-state index contributed by atoms with van der Waals surface area (Å²) < 4.78 is 10.5. The molecule has 2 aliphatic heterocycles. The Balaban J connectivity index is 1.61. The first-order valence-electron chi connectivity index (χ1n) is 7.36. The Hall–Kier alpha value is -2.28. The number of carbonyl (C=O) groups is 2. The van der Waals surface area contributed by atoms with E-state index in [0.717, 1.165) is 12.8 Å². The summed E-state index contributed by atoms with van der Waals surface area (Å²) >= 11 is 0. The van der Waals surface area contributed by atoms with Crippen LogP contribution in [0.4, 0.5) is 5.69 Å². The monoisotopic (exact) mass is 305 g/mol. The lowest BCUT2D eigenvalue weighted by Gasteiger charge is -2.32. The Morgan fingerprint density at radius 3 is 2.91 bits per heavy atom. The Morgan fingerprint density at radius 2 is 2.09 bits per heavy atom. The number of nitrogens with one attached hydrogen (secondary N) is 1. The molecule has 1 fully saturated rings. The van der Waals surface area contributed by atoms with E-state index in [1.807, 2.05) is 4.90 Å². The molecule has 1 aromatic carbocycles. The molecule has 2 amide bonds. The lowest BCUT2D eigenvalue weighted by atomic mass is 10.0. The molecular weight excluding hydrogens is 286 g/mol. The van der Waals surface area contributed by atoms with Crippen molar-refractivity contribution in [3.05, 3.63) is 18.2 Å². The summed E-state index contributed by atoms with van der Waals surface area (Å²) in [5.41, 5.74) is 6.05. The normalized spacial score (nSPS) is 20.6. The molecule has 2 aliphatic rings. The molecule has 0 unspecified atom stereocenters. The van der Waals surface area contributed by atoms with E-state index in [-0.39, 0.29) is 31.2 Å². The summed E-state index contributed by atoms with van der Waals surface area (Å²) in [7, 11) is 0. The topological polar surface area (TPSA) is 93.9 Å². The van der Waals surface area contributed by atoms with Gasteiger partial charge in [-0.25, -0.2) is 0 Å². The second-order valence-corrected chi connectivity index (χ2v) is 5.50. The van der Waals surface area contributed by atoms with Crippen LogP contribution in [0.2, 0.25) is 0 Å². The maximum atomic E-state index is 12.2. The molecule has 3 N–H and O–H groups in total. The molecule has 0 aliphatic carbocycles. The number of hydrogen-bond donors (Lipinski definition) is 2. The number of anilines is 1. The number of piperidine rings is 1. The fourth-order valence-electron chi connectivity index (χ4n) is 2.86. The number of ether oxygens (including phenoxy) is 2. The van der Waals surface area contributed by atoms with Gasteiger partial charge in [0.2, 0.25) is 18.6 Å². The van der Waals surface area contributed by atoms with E-state index in [0.29, 0.717) is 30.2 Å². The number of benzene rings is 1. The summed E-state index contributed by atoms with van der Waals surface area (Å²) in [5, 5.41) is 2.81. The predicted molar refractivity (Wildman–Crippen MR) is 79.6 cm³/mol. The minimum atomic E-state index is -0.365. The van der Waals surface area contributed by atoms with Crippen molar-refractivity contribution in [3.8, 4) is 11.5 Å². The van der Waals surface area contributed by atoms with E-state index in [4.69, 9.17) is 15.2 Å². The van der Waals surface area contributed by atoms with Crippen LogP contribution in [-0.2, 0) is 9.59 Å². The third kappa shape index (κ3) is 3.14. The van der Waals surface area contributed by atoms with Gasteiger partial charge in [0.1, 0.15) is 0 Å². The molecule has 0 aromatic heterocycles. The van der Waals surface area contributed by atoms with Crippen LogP contribution in [0.15, 0.2) is 18.2 Å². The lowest BCUT2D eigenvalue weighted by molar-refractivity contribution is -0.126. The second kappa shape index (κ2) is 6.23. The molecule has 22 heavy (non-hydrogen) atoms. The maximum absolute atomic E-state index is 12.2. The van der Waals surface area contributed by atoms with E-state index in [1.54, 1.807) is 18.2 Å². The van der Waals surface area contributed by atoms with Crippen molar-refractivity contribution in [2.75, 3.05) is 25.2 Å². The molecule has 1 aromatic rings. The summed E-state index contributed by atoms with van der Waals surface area (Å²) in [5.74, 6) is 0.746. The van der Waals surface area contributed by atoms with Crippen molar-refractivity contribution < 1.29 is 19.1 Å². The Morgan fingerprint density at radius 1 is 1.27 bits per heavy atom. The number of primary amides is 1. The first-order chi connectivity index (χ1) is 10.6. The number of nitrogens with two attached hydrogens (primary N) is 1. The standard InChI is InChI=1S/C15H19N3O4/c16-15(20)11-3-1-2-6-18(11)8-14(19)17-10-4-5-12-13(7-10)22-9-21-12/h4-5,7,11H,1-3,6,8-9H2,(H2,16,20)(H,17,19)/t11-/m1/s1. The number of hydrogen-bond acceptors (Lipinski definition) is 5. The van der Waals surface area contributed by atoms with Gasteiger partial charge in [-0.2, -0.15) is 0 Å². The van der Waals surface area contributed by atoms with Gasteiger partial charge in [-0.3, -0.25) is 14.5 Å². The average molecular weight is 305 g/mol. The van der Waals surface area contributed by atoms with Gasteiger partial charge in [0.15, 0.2) is 11.5 Å². The quantitative estimate of drug-likeness (QED) is 0.853. The van der Waals surface area contributed by atoms with Gasteiger partial charge in [0.25, 0.3) is 0 Å². The highest BCUT2D eigenvalue weighted by atomic mass is 16.7. The fourth-order valence-corrected chi connectivity index (χ4v) is 2.86. The lowest BCUT2D eigenvalue weighted by Crippen LogP contribution is -2.50. The van der Waals surface area contributed by atoms with Crippen LogP contribution in [0.5, 0.6) is 11.5 Å². The molecule has 7 heteroatoms. The molecular formula is C15H19N3O4. The van der Waals surface area contributed by atoms with Crippen molar-refractivity contribution >= 4 is 17.5 Å². The van der Waals surface area contributed by atoms with Crippen LogP contribution in [0.1, 0.15) is 19.3 Å². The number of likely N-dealkylation sites (tertiary alicyclic amines) is 1. The van der Waals surface area contributed by atoms with Gasteiger partial charge in [-0.1, -0.05) is 6.42 Å². The Labute approximate surface area is 128 Å². The maximum Gasteiger partial charge on any atom is 0.238 e. The van der Waals surface area contributed by atoms with Gasteiger partial charge in [0.05, 0.1) is 12.6 Å². The van der Waals surface area contributed by atoms with E-state index in [2.05, 4.69) is 5.32 Å². The molecule has 118 valence electrons. The molecule has 7 nitrogen and oxygen atoms in total. The second-order valence-electron chi connectivity index (χ2n) is 5.50. The zero-order chi connectivity index (χ0) is 15.5. The first kappa shape index (κ1) is 14.6. The van der Waals surface area contributed by atoms with Crippen LogP contribution in [0.25, 0.3) is 0 Å². The van der Waals surface area contributed by atoms with E-state index in [1.165, 1.54) is 0 Å². The number of nitrogens with zero attached hydrogens (tertiary/aromatic N) is 1. The minimum absolute atomic E-state index is 0.155. The van der Waals surface area contributed by atoms with Crippen molar-refractivity contribution in [2.24, 2.45) is 5.73 Å². The minimum Gasteiger partial charge on any atom is -0.454 e. The van der Waals surface area contributed by atoms with Crippen molar-refractivity contribution in [2.45, 2.75) is 25.3 Å². The molecule has 0 saturated carbocycles. The van der Waals surface area contributed by atoms with E-state index >= 15 is 0 Å². The van der Waals surface area contributed by atoms with Gasteiger partial charge >= 0.3 is 0 Å². The highest BCUT2D eigenvalue weighted by Crippen LogP contribution is 2.34. The van der Waals surface area contributed by atoms with Crippen molar-refractivity contribution in [3.63, 3.8) is 0 Å². The van der Waals surface area contributed by atoms with Crippen molar-refractivity contribution in [1.82, 2.24) is 4.90 Å². The average Bonchev–Trinajstić information content (AvgIpc) is 2.95. The molecule has 1 saturated heterocycles. The van der Waals surface area contributed by atoms with Gasteiger partial charge in [-0.15, -0.1) is 0 Å². The molecule has 2 heterocycles. The third-order valence-corrected chi connectivity index (χ3v) is 3.95. The van der Waals surface area contributed by atoms with Crippen molar-refractivity contribution in [1.29, 1.82) is 0 Å². The van der Waals surface area contributed by atoms with Gasteiger partial charge < -0.3 is 20.5 Å². The molecule has 1 atom stereocenters. The predicted octanol–water partition coefficient (Wildman–Crippen LogP) is 0.694. The summed E-state index contributed by atoms with van der Waals surface area (Å²) in [6.07, 6.45) is 2.65. The van der Waals surface area contributed by atoms with Crippen LogP contribution in [0, 0.1) is 0 Å². The van der Waals surface area contributed by atoms with Crippen LogP contribution in [0.3, 0.4) is 0 Å². The van der Waals surface area contributed by atoms with E-state index < -0.39 is 0 Å². The van der Waals surface area contributed by atoms with Crippen LogP contribution >= 0.6 is 0 Å². The van der Waals surface area contributed by atoms with Gasteiger partial charge in [0, 0.05) is 11.8 Å². The summed E-state index contributed by atoms with van der Waals surface area (Å²) in [6.45, 7) is 1.06. The smallest absolute Gasteiger partial charge is 0.238 e.